The van der Waals surface area contributed by atoms with Gasteiger partial charge in [0.1, 0.15) is 6.10 Å². The number of carbonyl (C=O) groups excluding carboxylic acids is 1. The lowest BCUT2D eigenvalue weighted by atomic mass is 10.1. The summed E-state index contributed by atoms with van der Waals surface area (Å²) in [6, 6.07) is 0.294. The van der Waals surface area contributed by atoms with Crippen molar-refractivity contribution in [3.8, 4) is 0 Å². The Morgan fingerprint density at radius 3 is 2.50 bits per heavy atom. The molecule has 0 radical (unpaired) electrons. The Bertz CT molecular complexity index is 179. The van der Waals surface area contributed by atoms with Gasteiger partial charge in [-0.1, -0.05) is 6.92 Å². The fourth-order valence-electron chi connectivity index (χ4n) is 1.85. The molecule has 1 N–H and O–H groups in total. The van der Waals surface area contributed by atoms with Crippen LogP contribution in [0.3, 0.4) is 0 Å². The Morgan fingerprint density at radius 2 is 2.17 bits per heavy atom. The quantitative estimate of drug-likeness (QED) is 0.628. The molecule has 1 aliphatic heterocycles. The van der Waals surface area contributed by atoms with Gasteiger partial charge in [-0.15, -0.1) is 0 Å². The van der Waals surface area contributed by atoms with E-state index >= 15 is 0 Å². The third-order valence-electron chi connectivity index (χ3n) is 2.42. The predicted octanol–water partition coefficient (Wildman–Crippen LogP) is 0.624. The van der Waals surface area contributed by atoms with E-state index in [1.54, 1.807) is 4.90 Å². The fraction of sp³-hybridized carbons (Fsp3) is 0.889. The largest absolute Gasteiger partial charge is 0.384 e. The molecule has 3 nitrogen and oxygen atoms in total. The molecule has 1 rings (SSSR count). The second-order valence-electron chi connectivity index (χ2n) is 3.86. The lowest BCUT2D eigenvalue weighted by Crippen LogP contribution is -2.39. The van der Waals surface area contributed by atoms with Gasteiger partial charge in [0.2, 0.25) is 0 Å². The highest BCUT2D eigenvalue weighted by Crippen LogP contribution is 2.22. The van der Waals surface area contributed by atoms with Crippen molar-refractivity contribution < 1.29 is 9.90 Å². The minimum atomic E-state index is -0.849. The first-order chi connectivity index (χ1) is 5.52. The molecule has 0 aromatic rings. The van der Waals surface area contributed by atoms with Crippen LogP contribution < -0.4 is 0 Å². The molecule has 1 saturated heterocycles. The molecular weight excluding hydrogens is 154 g/mol. The molecule has 0 bridgehead atoms. The zero-order chi connectivity index (χ0) is 9.30. The van der Waals surface area contributed by atoms with Gasteiger partial charge in [0.05, 0.1) is 0 Å². The van der Waals surface area contributed by atoms with Crippen molar-refractivity contribution in [2.24, 2.45) is 5.92 Å². The van der Waals surface area contributed by atoms with E-state index in [0.717, 1.165) is 13.0 Å². The maximum Gasteiger partial charge on any atom is 0.251 e. The molecule has 1 heterocycles. The predicted molar refractivity (Wildman–Crippen MR) is 46.6 cm³/mol. The summed E-state index contributed by atoms with van der Waals surface area (Å²) >= 11 is 0. The minimum absolute atomic E-state index is 0.133. The number of likely N-dealkylation sites (tertiary alicyclic amines) is 1. The summed E-state index contributed by atoms with van der Waals surface area (Å²) in [5.74, 6) is 0.439. The normalized spacial score (nSPS) is 32.2. The van der Waals surface area contributed by atoms with Crippen LogP contribution in [0.15, 0.2) is 0 Å². The van der Waals surface area contributed by atoms with Crippen LogP contribution in [0.5, 0.6) is 0 Å². The molecule has 1 aliphatic rings. The Balaban J connectivity index is 2.58. The topological polar surface area (TPSA) is 40.5 Å². The number of amides is 1. The smallest absolute Gasteiger partial charge is 0.251 e. The molecule has 0 spiro atoms. The van der Waals surface area contributed by atoms with Crippen molar-refractivity contribution in [2.75, 3.05) is 6.54 Å². The molecule has 2 unspecified atom stereocenters. The van der Waals surface area contributed by atoms with Crippen LogP contribution in [0.4, 0.5) is 0 Å². The van der Waals surface area contributed by atoms with Crippen LogP contribution in [0.1, 0.15) is 27.2 Å². The number of aliphatic hydroxyl groups excluding tert-OH is 1. The monoisotopic (exact) mass is 171 g/mol. The second-order valence-corrected chi connectivity index (χ2v) is 3.86. The number of carbonyl (C=O) groups is 1. The van der Waals surface area contributed by atoms with Crippen LogP contribution >= 0.6 is 0 Å². The number of hydrogen-bond acceptors (Lipinski definition) is 2. The Morgan fingerprint density at radius 1 is 1.58 bits per heavy atom. The van der Waals surface area contributed by atoms with Crippen LogP contribution in [-0.2, 0) is 4.79 Å². The van der Waals surface area contributed by atoms with Gasteiger partial charge in [0.25, 0.3) is 5.91 Å². The summed E-state index contributed by atoms with van der Waals surface area (Å²) < 4.78 is 0. The van der Waals surface area contributed by atoms with Crippen LogP contribution in [0, 0.1) is 5.92 Å². The molecule has 1 fully saturated rings. The van der Waals surface area contributed by atoms with Crippen molar-refractivity contribution in [3.63, 3.8) is 0 Å². The number of rotatable bonds is 1. The average molecular weight is 171 g/mol. The summed E-state index contributed by atoms with van der Waals surface area (Å²) in [6.07, 6.45) is 0.205. The van der Waals surface area contributed by atoms with E-state index in [1.807, 2.05) is 6.92 Å². The van der Waals surface area contributed by atoms with E-state index in [-0.39, 0.29) is 5.91 Å². The van der Waals surface area contributed by atoms with E-state index in [9.17, 15) is 4.79 Å². The third kappa shape index (κ3) is 1.78. The van der Waals surface area contributed by atoms with E-state index in [4.69, 9.17) is 5.11 Å². The number of nitrogens with zero attached hydrogens (tertiary/aromatic N) is 1. The Kier molecular flexibility index (Phi) is 2.73. The van der Waals surface area contributed by atoms with Gasteiger partial charge < -0.3 is 10.0 Å². The minimum Gasteiger partial charge on any atom is -0.384 e. The molecule has 0 saturated carbocycles. The lowest BCUT2D eigenvalue weighted by Gasteiger charge is -2.22. The summed E-state index contributed by atoms with van der Waals surface area (Å²) in [4.78, 5) is 13.2. The van der Waals surface area contributed by atoms with Gasteiger partial charge in [-0.2, -0.15) is 0 Å². The van der Waals surface area contributed by atoms with Crippen molar-refractivity contribution in [1.29, 1.82) is 0 Å². The highest BCUT2D eigenvalue weighted by molar-refractivity contribution is 5.80. The van der Waals surface area contributed by atoms with Crippen LogP contribution in [0.25, 0.3) is 0 Å². The van der Waals surface area contributed by atoms with Gasteiger partial charge in [-0.05, 0) is 26.2 Å². The molecular formula is C9H17NO2. The summed E-state index contributed by atoms with van der Waals surface area (Å²) in [6.45, 7) is 6.48. The van der Waals surface area contributed by atoms with Crippen molar-refractivity contribution >= 4 is 5.91 Å². The molecule has 0 aromatic heterocycles. The molecule has 12 heavy (non-hydrogen) atoms. The molecule has 3 heteroatoms. The summed E-state index contributed by atoms with van der Waals surface area (Å²) in [5, 5.41) is 9.09. The van der Waals surface area contributed by atoms with Gasteiger partial charge in [-0.3, -0.25) is 4.79 Å². The Hall–Kier alpha value is -0.570. The zero-order valence-electron chi connectivity index (χ0n) is 7.95. The third-order valence-corrected chi connectivity index (χ3v) is 2.42. The van der Waals surface area contributed by atoms with Crippen molar-refractivity contribution in [1.82, 2.24) is 4.90 Å². The summed E-state index contributed by atoms with van der Waals surface area (Å²) in [7, 11) is 0. The van der Waals surface area contributed by atoms with Gasteiger partial charge in [-0.25, -0.2) is 0 Å². The van der Waals surface area contributed by atoms with Crippen LogP contribution in [0.2, 0.25) is 0 Å². The van der Waals surface area contributed by atoms with Gasteiger partial charge in [0.15, 0.2) is 0 Å². The van der Waals surface area contributed by atoms with E-state index in [0.29, 0.717) is 12.0 Å². The van der Waals surface area contributed by atoms with Gasteiger partial charge >= 0.3 is 0 Å². The maximum absolute atomic E-state index is 11.4. The van der Waals surface area contributed by atoms with E-state index < -0.39 is 6.10 Å². The summed E-state index contributed by atoms with van der Waals surface area (Å²) in [5.41, 5.74) is 0. The number of hydrogen-bond donors (Lipinski definition) is 1. The highest BCUT2D eigenvalue weighted by Gasteiger charge is 2.31. The highest BCUT2D eigenvalue weighted by atomic mass is 16.3. The first kappa shape index (κ1) is 9.52. The molecule has 0 aliphatic carbocycles. The maximum atomic E-state index is 11.4. The molecule has 1 amide bonds. The zero-order valence-corrected chi connectivity index (χ0v) is 7.95. The first-order valence-corrected chi connectivity index (χ1v) is 4.51. The Labute approximate surface area is 73.4 Å². The standard InChI is InChI=1S/C9H17NO2/c1-6-4-7(2)10(5-6)9(12)8(3)11/h6-8,11H,4-5H2,1-3H3/t6?,7?,8-/m0/s1. The van der Waals surface area contributed by atoms with Crippen molar-refractivity contribution in [3.05, 3.63) is 0 Å². The average Bonchev–Trinajstić information content (AvgIpc) is 2.28. The van der Waals surface area contributed by atoms with E-state index in [2.05, 4.69) is 6.92 Å². The molecule has 3 atom stereocenters. The molecule has 0 aromatic carbocycles. The molecule has 70 valence electrons. The fourth-order valence-corrected chi connectivity index (χ4v) is 1.85. The second kappa shape index (κ2) is 3.44. The van der Waals surface area contributed by atoms with Crippen LogP contribution in [-0.4, -0.2) is 34.6 Å². The first-order valence-electron chi connectivity index (χ1n) is 4.51. The SMILES string of the molecule is CC1CC(C)N(C(=O)[C@H](C)O)C1. The number of aliphatic hydroxyl groups is 1. The van der Waals surface area contributed by atoms with E-state index in [1.165, 1.54) is 6.92 Å². The van der Waals surface area contributed by atoms with Crippen molar-refractivity contribution in [2.45, 2.75) is 39.3 Å². The lowest BCUT2D eigenvalue weighted by molar-refractivity contribution is -0.139. The van der Waals surface area contributed by atoms with Gasteiger partial charge in [0, 0.05) is 12.6 Å².